The van der Waals surface area contributed by atoms with Crippen molar-refractivity contribution < 1.29 is 31.9 Å². The van der Waals surface area contributed by atoms with E-state index in [2.05, 4.69) is 5.32 Å². The molecule has 0 spiro atoms. The highest BCUT2D eigenvalue weighted by Crippen LogP contribution is 2.33. The highest BCUT2D eigenvalue weighted by atomic mass is 35.5. The van der Waals surface area contributed by atoms with Gasteiger partial charge in [0, 0.05) is 28.7 Å². The van der Waals surface area contributed by atoms with Crippen molar-refractivity contribution in [2.75, 3.05) is 25.1 Å². The molecular formula is C33H38Cl2FN3O6S. The van der Waals surface area contributed by atoms with Crippen LogP contribution in [0.5, 0.6) is 11.5 Å². The van der Waals surface area contributed by atoms with Crippen LogP contribution >= 0.6 is 23.2 Å². The first kappa shape index (κ1) is 35.3. The van der Waals surface area contributed by atoms with Crippen molar-refractivity contribution in [3.8, 4) is 11.5 Å². The standard InChI is InChI=1S/C33H38Cl2FN3O6S/c1-4-29(33(41)37-25-8-6-5-7-9-25)38(20-22-10-11-23(34)18-28(22)35)32(40)21-39(26-14-12-24(36)13-15-26)46(42,43)27-16-17-30(44-2)31(19-27)45-3/h10-19,25,29H,4-9,20-21H2,1-3H3,(H,37,41). The number of rotatable bonds is 13. The summed E-state index contributed by atoms with van der Waals surface area (Å²) in [6.07, 6.45) is 5.07. The van der Waals surface area contributed by atoms with Gasteiger partial charge in [0.05, 0.1) is 24.8 Å². The highest BCUT2D eigenvalue weighted by molar-refractivity contribution is 7.92. The number of nitrogens with zero attached hydrogens (tertiary/aromatic N) is 2. The van der Waals surface area contributed by atoms with Gasteiger partial charge in [-0.2, -0.15) is 0 Å². The summed E-state index contributed by atoms with van der Waals surface area (Å²) < 4.78 is 53.8. The summed E-state index contributed by atoms with van der Waals surface area (Å²) in [6.45, 7) is 1.01. The Kier molecular flexibility index (Phi) is 12.2. The average Bonchev–Trinajstić information content (AvgIpc) is 3.04. The smallest absolute Gasteiger partial charge is 0.264 e. The normalized spacial score (nSPS) is 14.3. The molecule has 1 unspecified atom stereocenters. The van der Waals surface area contributed by atoms with E-state index in [9.17, 15) is 22.4 Å². The second-order valence-corrected chi connectivity index (χ2v) is 13.7. The number of nitrogens with one attached hydrogen (secondary N) is 1. The molecular weight excluding hydrogens is 656 g/mol. The first-order valence-corrected chi connectivity index (χ1v) is 17.2. The maximum Gasteiger partial charge on any atom is 0.264 e. The first-order chi connectivity index (χ1) is 22.0. The second kappa shape index (κ2) is 15.8. The van der Waals surface area contributed by atoms with Crippen molar-refractivity contribution in [3.63, 3.8) is 0 Å². The topological polar surface area (TPSA) is 105 Å². The van der Waals surface area contributed by atoms with E-state index < -0.39 is 34.3 Å². The van der Waals surface area contributed by atoms with Crippen LogP contribution in [0.2, 0.25) is 10.0 Å². The first-order valence-electron chi connectivity index (χ1n) is 15.0. The van der Waals surface area contributed by atoms with Gasteiger partial charge in [0.2, 0.25) is 11.8 Å². The number of carbonyl (C=O) groups excluding carboxylic acids is 2. The van der Waals surface area contributed by atoms with E-state index in [1.165, 1.54) is 55.5 Å². The maximum absolute atomic E-state index is 14.3. The zero-order valence-corrected chi connectivity index (χ0v) is 28.3. The van der Waals surface area contributed by atoms with Crippen molar-refractivity contribution >= 4 is 50.7 Å². The molecule has 3 aromatic rings. The van der Waals surface area contributed by atoms with E-state index in [1.54, 1.807) is 19.1 Å². The third-order valence-electron chi connectivity index (χ3n) is 8.03. The number of ether oxygens (including phenoxy) is 2. The Morgan fingerprint density at radius 2 is 1.63 bits per heavy atom. The number of halogens is 3. The van der Waals surface area contributed by atoms with E-state index in [1.807, 2.05) is 0 Å². The zero-order chi connectivity index (χ0) is 33.4. The molecule has 2 amide bonds. The Hall–Kier alpha value is -3.54. The molecule has 9 nitrogen and oxygen atoms in total. The van der Waals surface area contributed by atoms with E-state index >= 15 is 0 Å². The Morgan fingerprint density at radius 3 is 2.24 bits per heavy atom. The van der Waals surface area contributed by atoms with Gasteiger partial charge in [-0.3, -0.25) is 13.9 Å². The summed E-state index contributed by atoms with van der Waals surface area (Å²) in [5.74, 6) is -1.10. The Bertz CT molecular complexity index is 1630. The van der Waals surface area contributed by atoms with Crippen LogP contribution < -0.4 is 19.1 Å². The molecule has 4 rings (SSSR count). The molecule has 1 atom stereocenters. The second-order valence-electron chi connectivity index (χ2n) is 11.0. The average molecular weight is 695 g/mol. The monoisotopic (exact) mass is 693 g/mol. The van der Waals surface area contributed by atoms with Gasteiger partial charge >= 0.3 is 0 Å². The molecule has 0 bridgehead atoms. The molecule has 1 saturated carbocycles. The third-order valence-corrected chi connectivity index (χ3v) is 10.4. The molecule has 248 valence electrons. The number of hydrogen-bond acceptors (Lipinski definition) is 6. The van der Waals surface area contributed by atoms with Crippen LogP contribution in [0.4, 0.5) is 10.1 Å². The predicted molar refractivity (Wildman–Crippen MR) is 177 cm³/mol. The summed E-state index contributed by atoms with van der Waals surface area (Å²) >= 11 is 12.6. The fourth-order valence-corrected chi connectivity index (χ4v) is 7.44. The Labute approximate surface area is 279 Å². The summed E-state index contributed by atoms with van der Waals surface area (Å²) in [4.78, 5) is 29.2. The molecule has 0 aliphatic heterocycles. The lowest BCUT2D eigenvalue weighted by molar-refractivity contribution is -0.140. The van der Waals surface area contributed by atoms with E-state index in [4.69, 9.17) is 32.7 Å². The fourth-order valence-electron chi connectivity index (χ4n) is 5.54. The van der Waals surface area contributed by atoms with Crippen LogP contribution in [0.15, 0.2) is 65.6 Å². The number of carbonyl (C=O) groups is 2. The van der Waals surface area contributed by atoms with Gasteiger partial charge < -0.3 is 19.7 Å². The maximum atomic E-state index is 14.3. The number of hydrogen-bond donors (Lipinski definition) is 1. The fraction of sp³-hybridized carbons (Fsp3) is 0.394. The van der Waals surface area contributed by atoms with Gasteiger partial charge in [-0.25, -0.2) is 12.8 Å². The van der Waals surface area contributed by atoms with Gasteiger partial charge in [-0.05, 0) is 73.4 Å². The van der Waals surface area contributed by atoms with Crippen molar-refractivity contribution in [2.24, 2.45) is 0 Å². The Balaban J connectivity index is 1.75. The third kappa shape index (κ3) is 8.43. The van der Waals surface area contributed by atoms with Crippen molar-refractivity contribution in [1.82, 2.24) is 10.2 Å². The highest BCUT2D eigenvalue weighted by Gasteiger charge is 2.35. The molecule has 1 N–H and O–H groups in total. The number of sulfonamides is 1. The number of amides is 2. The SMILES string of the molecule is CCC(C(=O)NC1CCCCC1)N(Cc1ccc(Cl)cc1Cl)C(=O)CN(c1ccc(F)cc1)S(=O)(=O)c1ccc(OC)c(OC)c1. The van der Waals surface area contributed by atoms with Gasteiger partial charge in [-0.1, -0.05) is 55.5 Å². The lowest BCUT2D eigenvalue weighted by Crippen LogP contribution is -2.54. The zero-order valence-electron chi connectivity index (χ0n) is 26.0. The number of methoxy groups -OCH3 is 2. The predicted octanol–water partition coefficient (Wildman–Crippen LogP) is 6.60. The van der Waals surface area contributed by atoms with Gasteiger partial charge in [0.25, 0.3) is 10.0 Å². The molecule has 1 aliphatic rings. The Morgan fingerprint density at radius 1 is 0.957 bits per heavy atom. The molecule has 0 radical (unpaired) electrons. The number of anilines is 1. The van der Waals surface area contributed by atoms with Crippen molar-refractivity contribution in [1.29, 1.82) is 0 Å². The van der Waals surface area contributed by atoms with Crippen LogP contribution in [0.1, 0.15) is 51.0 Å². The van der Waals surface area contributed by atoms with Crippen molar-refractivity contribution in [2.45, 2.75) is 69.0 Å². The van der Waals surface area contributed by atoms with Crippen LogP contribution in [0, 0.1) is 5.82 Å². The number of benzene rings is 3. The minimum absolute atomic E-state index is 0.00693. The molecule has 3 aromatic carbocycles. The summed E-state index contributed by atoms with van der Waals surface area (Å²) in [6, 6.07) is 12.7. The quantitative estimate of drug-likeness (QED) is 0.216. The van der Waals surface area contributed by atoms with Crippen LogP contribution in [0.3, 0.4) is 0 Å². The molecule has 0 heterocycles. The largest absolute Gasteiger partial charge is 0.493 e. The minimum atomic E-state index is -4.43. The van der Waals surface area contributed by atoms with Crippen LogP contribution in [-0.4, -0.2) is 58.0 Å². The van der Waals surface area contributed by atoms with Gasteiger partial charge in [-0.15, -0.1) is 0 Å². The summed E-state index contributed by atoms with van der Waals surface area (Å²) in [5.41, 5.74) is 0.577. The molecule has 13 heteroatoms. The summed E-state index contributed by atoms with van der Waals surface area (Å²) in [5, 5.41) is 3.79. The summed E-state index contributed by atoms with van der Waals surface area (Å²) in [7, 11) is -1.64. The lowest BCUT2D eigenvalue weighted by Gasteiger charge is -2.34. The molecule has 0 aromatic heterocycles. The molecule has 1 fully saturated rings. The molecule has 0 saturated heterocycles. The van der Waals surface area contributed by atoms with Crippen molar-refractivity contribution in [3.05, 3.63) is 82.1 Å². The molecule has 46 heavy (non-hydrogen) atoms. The minimum Gasteiger partial charge on any atom is -0.493 e. The van der Waals surface area contributed by atoms with E-state index in [-0.39, 0.29) is 41.2 Å². The van der Waals surface area contributed by atoms with Crippen LogP contribution in [0.25, 0.3) is 0 Å². The van der Waals surface area contributed by atoms with Gasteiger partial charge in [0.1, 0.15) is 18.4 Å². The van der Waals surface area contributed by atoms with Crippen LogP contribution in [-0.2, 0) is 26.2 Å². The van der Waals surface area contributed by atoms with E-state index in [0.717, 1.165) is 48.5 Å². The van der Waals surface area contributed by atoms with Gasteiger partial charge in [0.15, 0.2) is 11.5 Å². The lowest BCUT2D eigenvalue weighted by atomic mass is 9.95. The molecule has 1 aliphatic carbocycles. The van der Waals surface area contributed by atoms with E-state index in [0.29, 0.717) is 21.4 Å².